The molecule has 0 spiro atoms. The normalized spacial score (nSPS) is 12.4. The maximum absolute atomic E-state index is 12.8. The number of nitrogens with zero attached hydrogens (tertiary/aromatic N) is 3. The summed E-state index contributed by atoms with van der Waals surface area (Å²) >= 11 is 3.46. The number of fused-ring (bicyclic) bond motifs is 5. The number of benzene rings is 2. The van der Waals surface area contributed by atoms with Crippen LogP contribution in [0, 0.1) is 10.4 Å². The minimum atomic E-state index is -0.216. The first kappa shape index (κ1) is 18.2. The van der Waals surface area contributed by atoms with Crippen LogP contribution in [0.15, 0.2) is 53.1 Å². The third kappa shape index (κ3) is 2.98. The van der Waals surface area contributed by atoms with E-state index in [1.807, 2.05) is 50.2 Å². The number of hydroxylamine groups is 3. The van der Waals surface area contributed by atoms with Crippen molar-refractivity contribution in [2.45, 2.75) is 20.4 Å². The van der Waals surface area contributed by atoms with Gasteiger partial charge in [0.2, 0.25) is 5.52 Å². The van der Waals surface area contributed by atoms with Crippen molar-refractivity contribution in [1.82, 2.24) is 4.57 Å². The quantitative estimate of drug-likeness (QED) is 0.200. The van der Waals surface area contributed by atoms with E-state index < -0.39 is 0 Å². The molecule has 0 unspecified atom stereocenters. The largest absolute Gasteiger partial charge is 0.633 e. The van der Waals surface area contributed by atoms with Crippen LogP contribution >= 0.6 is 15.9 Å². The second kappa shape index (κ2) is 6.78. The van der Waals surface area contributed by atoms with Gasteiger partial charge >= 0.3 is 0 Å². The van der Waals surface area contributed by atoms with Crippen molar-refractivity contribution < 1.29 is 9.38 Å². The van der Waals surface area contributed by atoms with Gasteiger partial charge in [-0.3, -0.25) is 0 Å². The zero-order chi connectivity index (χ0) is 19.2. The van der Waals surface area contributed by atoms with E-state index in [2.05, 4.69) is 26.6 Å². The summed E-state index contributed by atoms with van der Waals surface area (Å²) in [6, 6.07) is 13.9. The molecule has 5 nitrogen and oxygen atoms in total. The first-order valence-electron chi connectivity index (χ1n) is 9.27. The zero-order valence-electron chi connectivity index (χ0n) is 15.5. The Kier molecular flexibility index (Phi) is 4.58. The number of para-hydroxylation sites is 1. The van der Waals surface area contributed by atoms with Gasteiger partial charge in [0.25, 0.3) is 0 Å². The van der Waals surface area contributed by atoms with Crippen molar-refractivity contribution in [3.05, 3.63) is 63.5 Å². The van der Waals surface area contributed by atoms with E-state index >= 15 is 0 Å². The molecule has 0 aliphatic carbocycles. The van der Waals surface area contributed by atoms with Gasteiger partial charge in [0, 0.05) is 21.4 Å². The number of pyridine rings is 1. The van der Waals surface area contributed by atoms with Crippen LogP contribution in [0.2, 0.25) is 0 Å². The van der Waals surface area contributed by atoms with Crippen LogP contribution < -0.4 is 4.73 Å². The summed E-state index contributed by atoms with van der Waals surface area (Å²) < 4.78 is 3.79. The van der Waals surface area contributed by atoms with Gasteiger partial charge in [-0.1, -0.05) is 34.1 Å². The molecule has 0 aliphatic heterocycles. The maximum atomic E-state index is 12.8. The molecule has 0 saturated carbocycles. The van der Waals surface area contributed by atoms with Gasteiger partial charge in [-0.15, -0.1) is 0 Å². The van der Waals surface area contributed by atoms with Crippen molar-refractivity contribution in [3.63, 3.8) is 0 Å². The molecule has 4 rings (SSSR count). The number of hydrogen-bond donors (Lipinski definition) is 0. The number of quaternary nitrogens is 1. The summed E-state index contributed by atoms with van der Waals surface area (Å²) in [7, 11) is 0. The van der Waals surface area contributed by atoms with E-state index in [0.29, 0.717) is 31.7 Å². The van der Waals surface area contributed by atoms with Crippen LogP contribution in [0.1, 0.15) is 13.8 Å². The fourth-order valence-corrected chi connectivity index (χ4v) is 4.23. The molecule has 0 radical (unpaired) electrons. The number of halogens is 1. The monoisotopic (exact) mass is 427 g/mol. The SMILES string of the molecule is CC[N+]([O-])(CC)CCn1c2ccccc2c2c[n+]([O-])c3cc(Br)ccc3c21. The Morgan fingerprint density at radius 1 is 1.04 bits per heavy atom. The van der Waals surface area contributed by atoms with Crippen molar-refractivity contribution in [2.75, 3.05) is 19.6 Å². The molecule has 0 saturated heterocycles. The Morgan fingerprint density at radius 3 is 2.52 bits per heavy atom. The number of hydrogen-bond acceptors (Lipinski definition) is 2. The lowest BCUT2D eigenvalue weighted by Gasteiger charge is -2.41. The molecule has 2 aromatic carbocycles. The number of rotatable bonds is 5. The Morgan fingerprint density at radius 2 is 1.78 bits per heavy atom. The molecule has 0 bridgehead atoms. The van der Waals surface area contributed by atoms with Crippen LogP contribution in [0.5, 0.6) is 0 Å². The fourth-order valence-electron chi connectivity index (χ4n) is 3.88. The highest BCUT2D eigenvalue weighted by Gasteiger charge is 2.20. The number of likely N-dealkylation sites (N-methyl/N-ethyl adjacent to an activating group) is 1. The standard InChI is InChI=1S/C21H22BrN3O2/c1-3-25(27,4-2)12-11-23-19-8-6-5-7-16(19)18-14-24(26)20-13-15(22)9-10-17(20)21(18)23/h5-10,13-14H,3-4,11-12H2,1-2H3. The molecular formula is C21H22BrN3O2. The third-order valence-electron chi connectivity index (χ3n) is 5.59. The molecule has 0 atom stereocenters. The molecule has 6 heteroatoms. The Labute approximate surface area is 166 Å². The van der Waals surface area contributed by atoms with E-state index in [1.54, 1.807) is 6.20 Å². The van der Waals surface area contributed by atoms with Crippen molar-refractivity contribution >= 4 is 48.6 Å². The van der Waals surface area contributed by atoms with Crippen LogP contribution in [-0.4, -0.2) is 28.8 Å². The lowest BCUT2D eigenvalue weighted by Crippen LogP contribution is -2.43. The second-order valence-corrected chi connectivity index (χ2v) is 7.88. The van der Waals surface area contributed by atoms with Crippen LogP contribution in [-0.2, 0) is 6.54 Å². The highest BCUT2D eigenvalue weighted by atomic mass is 79.9. The average molecular weight is 428 g/mol. The topological polar surface area (TPSA) is 54.9 Å². The summed E-state index contributed by atoms with van der Waals surface area (Å²) in [6.45, 7) is 6.11. The molecule has 140 valence electrons. The van der Waals surface area contributed by atoms with Gasteiger partial charge in [0.1, 0.15) is 0 Å². The molecule has 4 aromatic rings. The first-order valence-corrected chi connectivity index (χ1v) is 10.1. The summed E-state index contributed by atoms with van der Waals surface area (Å²) in [5.41, 5.74) is 2.70. The van der Waals surface area contributed by atoms with E-state index in [9.17, 15) is 10.4 Å². The zero-order valence-corrected chi connectivity index (χ0v) is 17.1. The molecule has 0 amide bonds. The van der Waals surface area contributed by atoms with Crippen LogP contribution in [0.3, 0.4) is 0 Å². The number of aromatic nitrogens is 2. The first-order chi connectivity index (χ1) is 13.0. The maximum Gasteiger partial charge on any atom is 0.227 e. The molecular weight excluding hydrogens is 406 g/mol. The second-order valence-electron chi connectivity index (χ2n) is 6.96. The minimum absolute atomic E-state index is 0.216. The minimum Gasteiger partial charge on any atom is -0.633 e. The average Bonchev–Trinajstić information content (AvgIpc) is 3.00. The van der Waals surface area contributed by atoms with E-state index in [1.165, 1.54) is 0 Å². The van der Waals surface area contributed by atoms with Gasteiger partial charge in [0.05, 0.1) is 42.5 Å². The summed E-state index contributed by atoms with van der Waals surface area (Å²) in [5.74, 6) is 0. The smallest absolute Gasteiger partial charge is 0.227 e. The molecule has 2 heterocycles. The van der Waals surface area contributed by atoms with E-state index in [4.69, 9.17) is 0 Å². The Bertz CT molecular complexity index is 1150. The van der Waals surface area contributed by atoms with Gasteiger partial charge in [0.15, 0.2) is 6.20 Å². The van der Waals surface area contributed by atoms with Crippen molar-refractivity contribution in [3.8, 4) is 0 Å². The van der Waals surface area contributed by atoms with Crippen LogP contribution in [0.25, 0.3) is 32.7 Å². The van der Waals surface area contributed by atoms with Crippen molar-refractivity contribution in [1.29, 1.82) is 0 Å². The summed E-state index contributed by atoms with van der Waals surface area (Å²) in [6.07, 6.45) is 1.65. The van der Waals surface area contributed by atoms with Gasteiger partial charge in [-0.2, -0.15) is 4.73 Å². The lowest BCUT2D eigenvalue weighted by atomic mass is 10.1. The van der Waals surface area contributed by atoms with Crippen molar-refractivity contribution in [2.24, 2.45) is 0 Å². The van der Waals surface area contributed by atoms with E-state index in [0.717, 1.165) is 36.4 Å². The van der Waals surface area contributed by atoms with Crippen LogP contribution in [0.4, 0.5) is 0 Å². The van der Waals surface area contributed by atoms with Gasteiger partial charge < -0.3 is 19.6 Å². The highest BCUT2D eigenvalue weighted by Crippen LogP contribution is 2.33. The third-order valence-corrected chi connectivity index (χ3v) is 6.09. The van der Waals surface area contributed by atoms with Gasteiger partial charge in [-0.05, 0) is 32.0 Å². The highest BCUT2D eigenvalue weighted by molar-refractivity contribution is 9.10. The molecule has 0 fully saturated rings. The van der Waals surface area contributed by atoms with Gasteiger partial charge in [-0.25, -0.2) is 0 Å². The molecule has 0 aliphatic rings. The predicted molar refractivity (Wildman–Crippen MR) is 113 cm³/mol. The van der Waals surface area contributed by atoms with E-state index in [-0.39, 0.29) is 4.65 Å². The summed E-state index contributed by atoms with van der Waals surface area (Å²) in [5, 5.41) is 28.3. The lowest BCUT2D eigenvalue weighted by molar-refractivity contribution is -0.877. The Balaban J connectivity index is 2.03. The summed E-state index contributed by atoms with van der Waals surface area (Å²) in [4.78, 5) is 0. The Hall–Kier alpha value is -2.15. The molecule has 2 aromatic heterocycles. The predicted octanol–water partition coefficient (Wildman–Crippen LogP) is 4.70. The fraction of sp³-hybridized carbons (Fsp3) is 0.286. The molecule has 27 heavy (non-hydrogen) atoms. The molecule has 0 N–H and O–H groups in total.